The van der Waals surface area contributed by atoms with E-state index in [9.17, 15) is 16.9 Å². The van der Waals surface area contributed by atoms with Crippen molar-refractivity contribution in [2.45, 2.75) is 122 Å². The molecule has 0 bridgehead atoms. The fourth-order valence-electron chi connectivity index (χ4n) is 4.69. The van der Waals surface area contributed by atoms with Gasteiger partial charge in [0.1, 0.15) is 12.4 Å². The molecule has 2 aromatic carbocycles. The van der Waals surface area contributed by atoms with Gasteiger partial charge in [0.2, 0.25) is 0 Å². The standard InChI is InChI=1S/C34H54IO2Si.6FH.Sb/c1-3-5-7-9-11-16-21-34(22-17-12-10-8-6-4-2)38-30-18-27-36-28-29-37-33-25-23-32(24-26-33)35-31-19-14-13-15-20-31;;;;;;;/h13-15,19-20,23-26,34H,3-12,16-18,21-22,27-30H2,1-2H3;6*1H;/q+1;;;;;;;+5/p-6. The van der Waals surface area contributed by atoms with Crippen molar-refractivity contribution in [2.24, 2.45) is 0 Å². The van der Waals surface area contributed by atoms with Crippen molar-refractivity contribution in [1.82, 2.24) is 0 Å². The summed E-state index contributed by atoms with van der Waals surface area (Å²) in [7, 11) is 1.12. The molecule has 260 valence electrons. The summed E-state index contributed by atoms with van der Waals surface area (Å²) in [5.74, 6) is 0.947. The quantitative estimate of drug-likeness (QED) is 0.0429. The molecule has 0 aliphatic heterocycles. The number of rotatable bonds is 25. The Hall–Kier alpha value is -0.455. The molecule has 0 atom stereocenters. The molecular weight excluding hydrogens is 831 g/mol. The molecule has 45 heavy (non-hydrogen) atoms. The number of halogens is 7. The van der Waals surface area contributed by atoms with E-state index >= 15 is 0 Å². The van der Waals surface area contributed by atoms with Crippen LogP contribution in [0.3, 0.4) is 0 Å². The summed E-state index contributed by atoms with van der Waals surface area (Å²) in [5.41, 5.74) is 0.961. The first-order valence-electron chi connectivity index (χ1n) is 16.6. The van der Waals surface area contributed by atoms with Crippen molar-refractivity contribution in [1.29, 1.82) is 0 Å². The average molecular weight is 886 g/mol. The van der Waals surface area contributed by atoms with Gasteiger partial charge in [-0.05, 0) is 48.4 Å². The summed E-state index contributed by atoms with van der Waals surface area (Å²) in [5, 5.41) is 0. The van der Waals surface area contributed by atoms with Gasteiger partial charge in [-0.25, -0.2) is 0 Å². The fourth-order valence-corrected chi connectivity index (χ4v) is 8.48. The van der Waals surface area contributed by atoms with E-state index in [-0.39, 0.29) is 21.2 Å². The third-order valence-corrected chi connectivity index (χ3v) is 11.5. The second-order valence-corrected chi connectivity index (χ2v) is 21.6. The van der Waals surface area contributed by atoms with Crippen LogP contribution in [-0.4, -0.2) is 48.8 Å². The zero-order chi connectivity index (χ0) is 33.3. The molecule has 0 aliphatic rings. The van der Waals surface area contributed by atoms with Crippen LogP contribution in [0.4, 0.5) is 16.9 Å². The van der Waals surface area contributed by atoms with Gasteiger partial charge in [-0.15, -0.1) is 0 Å². The summed E-state index contributed by atoms with van der Waals surface area (Å²) in [6.07, 6.45) is 21.2. The minimum atomic E-state index is -11.2. The molecule has 2 radical (unpaired) electrons. The molecule has 0 aliphatic carbocycles. The first-order chi connectivity index (χ1) is 21.3. The van der Waals surface area contributed by atoms with Gasteiger partial charge in [0.15, 0.2) is 7.14 Å². The average Bonchev–Trinajstić information content (AvgIpc) is 2.97. The van der Waals surface area contributed by atoms with Crippen LogP contribution in [0.25, 0.3) is 0 Å². The first-order valence-corrected chi connectivity index (χ1v) is 25.8. The van der Waals surface area contributed by atoms with E-state index < -0.39 is 19.5 Å². The number of hydrogen-bond donors (Lipinski definition) is 0. The van der Waals surface area contributed by atoms with E-state index in [2.05, 4.69) is 68.4 Å². The van der Waals surface area contributed by atoms with E-state index in [4.69, 9.17) is 9.47 Å². The van der Waals surface area contributed by atoms with Gasteiger partial charge in [-0.2, -0.15) is 0 Å². The van der Waals surface area contributed by atoms with Gasteiger partial charge in [0.25, 0.3) is 0 Å². The predicted octanol–water partition coefficient (Wildman–Crippen LogP) is 9.15. The van der Waals surface area contributed by atoms with Gasteiger partial charge < -0.3 is 9.47 Å². The van der Waals surface area contributed by atoms with Crippen LogP contribution in [0, 0.1) is 7.14 Å². The fraction of sp³-hybridized carbons (Fsp3) is 0.647. The molecule has 0 N–H and O–H groups in total. The first kappa shape index (κ1) is 42.6. The van der Waals surface area contributed by atoms with E-state index in [1.165, 1.54) is 109 Å². The topological polar surface area (TPSA) is 18.5 Å². The molecule has 0 saturated heterocycles. The van der Waals surface area contributed by atoms with Gasteiger partial charge in [-0.1, -0.05) is 128 Å². The van der Waals surface area contributed by atoms with Gasteiger partial charge in [0.05, 0.1) is 6.61 Å². The second kappa shape index (κ2) is 23.0. The zero-order valence-electron chi connectivity index (χ0n) is 27.1. The maximum atomic E-state index is 9.93. The van der Waals surface area contributed by atoms with E-state index in [1.807, 2.05) is 0 Å². The third-order valence-electron chi connectivity index (χ3n) is 6.97. The molecule has 0 amide bonds. The van der Waals surface area contributed by atoms with Crippen molar-refractivity contribution >= 4 is 29.0 Å². The minimum absolute atomic E-state index is 0.110. The monoisotopic (exact) mass is 884 g/mol. The third kappa shape index (κ3) is 31.9. The number of hydrogen-bond acceptors (Lipinski definition) is 2. The summed E-state index contributed by atoms with van der Waals surface area (Å²) < 4.78 is 74.2. The Balaban J connectivity index is 0.00000129. The van der Waals surface area contributed by atoms with Crippen LogP contribution in [-0.2, 0) is 4.74 Å². The maximum absolute atomic E-state index is 11.2. The van der Waals surface area contributed by atoms with Crippen molar-refractivity contribution < 1.29 is 47.6 Å². The Morgan fingerprint density at radius 1 is 0.600 bits per heavy atom. The molecule has 2 rings (SSSR count). The van der Waals surface area contributed by atoms with Crippen molar-refractivity contribution in [3.8, 4) is 5.75 Å². The van der Waals surface area contributed by atoms with Crippen LogP contribution in [0.1, 0.15) is 110 Å². The Labute approximate surface area is 283 Å². The molecule has 2 nitrogen and oxygen atoms in total. The number of benzene rings is 2. The van der Waals surface area contributed by atoms with E-state index in [1.54, 1.807) is 0 Å². The summed E-state index contributed by atoms with van der Waals surface area (Å²) in [6.45, 7) is 6.80. The Morgan fingerprint density at radius 3 is 1.62 bits per heavy atom. The van der Waals surface area contributed by atoms with Crippen LogP contribution < -0.4 is 25.9 Å². The molecule has 0 saturated carbocycles. The summed E-state index contributed by atoms with van der Waals surface area (Å²) >= 11 is -11.4. The van der Waals surface area contributed by atoms with Crippen LogP contribution >= 0.6 is 0 Å². The Kier molecular flexibility index (Phi) is 21.8. The van der Waals surface area contributed by atoms with Crippen LogP contribution in [0.5, 0.6) is 5.75 Å². The number of unbranched alkanes of at least 4 members (excludes halogenated alkanes) is 10. The van der Waals surface area contributed by atoms with Crippen LogP contribution in [0.2, 0.25) is 11.6 Å². The van der Waals surface area contributed by atoms with E-state index in [0.29, 0.717) is 13.2 Å². The Bertz CT molecular complexity index is 955. The molecule has 2 aromatic rings. The van der Waals surface area contributed by atoms with Crippen molar-refractivity contribution in [3.63, 3.8) is 0 Å². The summed E-state index contributed by atoms with van der Waals surface area (Å²) in [6, 6.07) is 20.7. The van der Waals surface area contributed by atoms with Gasteiger partial charge in [0, 0.05) is 16.1 Å². The molecular formula is C34H54F6IO2SbSi. The molecule has 0 heterocycles. The molecule has 0 fully saturated rings. The molecule has 0 unspecified atom stereocenters. The second-order valence-electron chi connectivity index (χ2n) is 11.4. The molecule has 0 spiro atoms. The van der Waals surface area contributed by atoms with Gasteiger partial charge in [-0.3, -0.25) is 0 Å². The van der Waals surface area contributed by atoms with Crippen molar-refractivity contribution in [2.75, 3.05) is 19.8 Å². The molecule has 11 heteroatoms. The SMILES string of the molecule is CCCCCCCCC(CCCCCCCC)[Si]CCCOCCOc1ccc([I+]c2ccccc2)cc1.[F][Sb-]([F])([F])([F])([F])[F]. The number of ether oxygens (including phenoxy) is 2. The van der Waals surface area contributed by atoms with Crippen molar-refractivity contribution in [3.05, 3.63) is 61.7 Å². The van der Waals surface area contributed by atoms with E-state index in [0.717, 1.165) is 27.4 Å². The predicted molar refractivity (Wildman–Crippen MR) is 174 cm³/mol. The van der Waals surface area contributed by atoms with Crippen LogP contribution in [0.15, 0.2) is 54.6 Å². The molecule has 0 aromatic heterocycles. The zero-order valence-corrected chi connectivity index (χ0v) is 32.8. The van der Waals surface area contributed by atoms with Gasteiger partial charge >= 0.3 is 57.6 Å². The normalized spacial score (nSPS) is 13.2. The summed E-state index contributed by atoms with van der Waals surface area (Å²) in [4.78, 5) is 0. The Morgan fingerprint density at radius 2 is 1.09 bits per heavy atom.